The predicted octanol–water partition coefficient (Wildman–Crippen LogP) is 1.81. The van der Waals surface area contributed by atoms with Crippen molar-refractivity contribution in [1.29, 1.82) is 0 Å². The van der Waals surface area contributed by atoms with Crippen molar-refractivity contribution in [2.45, 2.75) is 19.9 Å². The summed E-state index contributed by atoms with van der Waals surface area (Å²) in [6, 6.07) is 5.12. The van der Waals surface area contributed by atoms with Gasteiger partial charge in [0.2, 0.25) is 5.91 Å². The highest BCUT2D eigenvalue weighted by Crippen LogP contribution is 2.17. The molecule has 0 saturated carbocycles. The minimum atomic E-state index is -0.490. The van der Waals surface area contributed by atoms with Gasteiger partial charge in [0, 0.05) is 38.0 Å². The summed E-state index contributed by atoms with van der Waals surface area (Å²) in [5.41, 5.74) is 1.59. The summed E-state index contributed by atoms with van der Waals surface area (Å²) in [5, 5.41) is 16.5. The van der Waals surface area contributed by atoms with E-state index in [2.05, 4.69) is 20.6 Å². The van der Waals surface area contributed by atoms with E-state index in [4.69, 9.17) is 0 Å². The van der Waals surface area contributed by atoms with Crippen molar-refractivity contribution in [2.75, 3.05) is 11.9 Å². The molecule has 0 aliphatic heterocycles. The molecule has 0 aliphatic rings. The molecule has 0 spiro atoms. The third kappa shape index (κ3) is 5.03. The van der Waals surface area contributed by atoms with Crippen LogP contribution in [0.2, 0.25) is 0 Å². The zero-order valence-corrected chi connectivity index (χ0v) is 12.7. The number of aryl methyl sites for hydroxylation is 1. The summed E-state index contributed by atoms with van der Waals surface area (Å²) < 4.78 is 0. The molecule has 8 nitrogen and oxygen atoms in total. The normalized spacial score (nSPS) is 10.1. The zero-order chi connectivity index (χ0) is 16.7. The van der Waals surface area contributed by atoms with Crippen molar-refractivity contribution in [3.8, 4) is 0 Å². The lowest BCUT2D eigenvalue weighted by Gasteiger charge is -2.08. The molecular weight excluding hydrogens is 298 g/mol. The Kier molecular flexibility index (Phi) is 5.56. The number of rotatable bonds is 7. The summed E-state index contributed by atoms with van der Waals surface area (Å²) in [4.78, 5) is 29.8. The van der Waals surface area contributed by atoms with Crippen molar-refractivity contribution in [3.05, 3.63) is 58.0 Å². The third-order valence-corrected chi connectivity index (χ3v) is 3.16. The van der Waals surface area contributed by atoms with Gasteiger partial charge in [-0.25, -0.2) is 4.98 Å². The number of carbonyl (C=O) groups is 1. The van der Waals surface area contributed by atoms with E-state index in [1.165, 1.54) is 12.3 Å². The van der Waals surface area contributed by atoms with E-state index in [-0.39, 0.29) is 18.0 Å². The van der Waals surface area contributed by atoms with E-state index in [1.54, 1.807) is 19.3 Å². The molecule has 0 atom stereocenters. The molecule has 23 heavy (non-hydrogen) atoms. The van der Waals surface area contributed by atoms with Gasteiger partial charge < -0.3 is 10.6 Å². The maximum absolute atomic E-state index is 11.8. The van der Waals surface area contributed by atoms with Crippen LogP contribution < -0.4 is 10.6 Å². The second-order valence-electron chi connectivity index (χ2n) is 4.93. The largest absolute Gasteiger partial charge is 0.369 e. The first-order chi connectivity index (χ1) is 11.1. The summed E-state index contributed by atoms with van der Waals surface area (Å²) in [5.74, 6) is 0.450. The average molecular weight is 315 g/mol. The maximum atomic E-state index is 11.8. The zero-order valence-electron chi connectivity index (χ0n) is 12.7. The molecule has 120 valence electrons. The van der Waals surface area contributed by atoms with E-state index in [1.807, 2.05) is 12.1 Å². The molecule has 0 bridgehead atoms. The van der Waals surface area contributed by atoms with E-state index < -0.39 is 4.92 Å². The summed E-state index contributed by atoms with van der Waals surface area (Å²) in [7, 11) is 0. The average Bonchev–Trinajstić information content (AvgIpc) is 2.55. The van der Waals surface area contributed by atoms with Gasteiger partial charge in [-0.2, -0.15) is 0 Å². The van der Waals surface area contributed by atoms with Crippen LogP contribution in [0, 0.1) is 17.0 Å². The number of aromatic nitrogens is 2. The summed E-state index contributed by atoms with van der Waals surface area (Å²) in [6.07, 6.45) is 4.82. The Bertz CT molecular complexity index is 691. The molecule has 0 radical (unpaired) electrons. The monoisotopic (exact) mass is 315 g/mol. The van der Waals surface area contributed by atoms with Crippen LogP contribution >= 0.6 is 0 Å². The van der Waals surface area contributed by atoms with Gasteiger partial charge >= 0.3 is 0 Å². The van der Waals surface area contributed by atoms with Crippen LogP contribution in [0.15, 0.2) is 36.8 Å². The van der Waals surface area contributed by atoms with Crippen molar-refractivity contribution < 1.29 is 9.72 Å². The maximum Gasteiger partial charge on any atom is 0.287 e. The lowest BCUT2D eigenvalue weighted by atomic mass is 10.2. The van der Waals surface area contributed by atoms with Gasteiger partial charge in [0.05, 0.1) is 4.92 Å². The second-order valence-corrected chi connectivity index (χ2v) is 4.93. The van der Waals surface area contributed by atoms with Crippen LogP contribution in [-0.4, -0.2) is 27.3 Å². The first kappa shape index (κ1) is 16.3. The number of amides is 1. The van der Waals surface area contributed by atoms with Gasteiger partial charge in [0.15, 0.2) is 0 Å². The lowest BCUT2D eigenvalue weighted by molar-refractivity contribution is -0.385. The Balaban J connectivity index is 1.76. The van der Waals surface area contributed by atoms with E-state index >= 15 is 0 Å². The van der Waals surface area contributed by atoms with E-state index in [9.17, 15) is 14.9 Å². The molecular formula is C15H17N5O3. The van der Waals surface area contributed by atoms with Crippen LogP contribution in [0.4, 0.5) is 11.5 Å². The quantitative estimate of drug-likeness (QED) is 0.595. The fourth-order valence-corrected chi connectivity index (χ4v) is 1.93. The number of hydrogen-bond donors (Lipinski definition) is 2. The van der Waals surface area contributed by atoms with Crippen LogP contribution in [0.1, 0.15) is 17.5 Å². The van der Waals surface area contributed by atoms with Gasteiger partial charge in [-0.05, 0) is 30.2 Å². The standard InChI is InChI=1S/C15H17N5O3/c1-11-8-13(20(22)23)10-19-15(11)17-7-4-14(21)18-9-12-2-5-16-6-3-12/h2-3,5-6,8,10H,4,7,9H2,1H3,(H,17,19)(H,18,21). The molecule has 0 saturated heterocycles. The molecule has 0 unspecified atom stereocenters. The number of nitro groups is 1. The molecule has 2 heterocycles. The fourth-order valence-electron chi connectivity index (χ4n) is 1.93. The summed E-state index contributed by atoms with van der Waals surface area (Å²) in [6.45, 7) is 2.58. The van der Waals surface area contributed by atoms with Crippen LogP contribution in [0.5, 0.6) is 0 Å². The number of nitrogens with zero attached hydrogens (tertiary/aromatic N) is 3. The Morgan fingerprint density at radius 3 is 2.74 bits per heavy atom. The lowest BCUT2D eigenvalue weighted by Crippen LogP contribution is -2.25. The minimum absolute atomic E-state index is 0.0526. The van der Waals surface area contributed by atoms with Gasteiger partial charge in [0.25, 0.3) is 5.69 Å². The molecule has 0 aromatic carbocycles. The highest BCUT2D eigenvalue weighted by Gasteiger charge is 2.09. The molecule has 0 aliphatic carbocycles. The summed E-state index contributed by atoms with van der Waals surface area (Å²) >= 11 is 0. The molecule has 8 heteroatoms. The molecule has 1 amide bonds. The smallest absolute Gasteiger partial charge is 0.287 e. The molecule has 2 aromatic heterocycles. The number of hydrogen-bond acceptors (Lipinski definition) is 6. The second kappa shape index (κ2) is 7.83. The number of nitrogens with one attached hydrogen (secondary N) is 2. The molecule has 0 fully saturated rings. The predicted molar refractivity (Wildman–Crippen MR) is 84.8 cm³/mol. The van der Waals surface area contributed by atoms with E-state index in [0.717, 1.165) is 5.56 Å². The molecule has 2 rings (SSSR count). The van der Waals surface area contributed by atoms with Gasteiger partial charge in [0.1, 0.15) is 12.0 Å². The highest BCUT2D eigenvalue weighted by atomic mass is 16.6. The van der Waals surface area contributed by atoms with Crippen LogP contribution in [-0.2, 0) is 11.3 Å². The first-order valence-electron chi connectivity index (χ1n) is 7.07. The van der Waals surface area contributed by atoms with Crippen LogP contribution in [0.3, 0.4) is 0 Å². The number of carbonyl (C=O) groups excluding carboxylic acids is 1. The fraction of sp³-hybridized carbons (Fsp3) is 0.267. The minimum Gasteiger partial charge on any atom is -0.369 e. The van der Waals surface area contributed by atoms with Crippen molar-refractivity contribution >= 4 is 17.4 Å². The van der Waals surface area contributed by atoms with Crippen molar-refractivity contribution in [1.82, 2.24) is 15.3 Å². The first-order valence-corrected chi connectivity index (χ1v) is 7.07. The number of pyridine rings is 2. The van der Waals surface area contributed by atoms with Gasteiger partial charge in [-0.15, -0.1) is 0 Å². The van der Waals surface area contributed by atoms with Crippen LogP contribution in [0.25, 0.3) is 0 Å². The van der Waals surface area contributed by atoms with E-state index in [0.29, 0.717) is 24.5 Å². The molecule has 2 aromatic rings. The highest BCUT2D eigenvalue weighted by molar-refractivity contribution is 5.76. The SMILES string of the molecule is Cc1cc([N+](=O)[O-])cnc1NCCC(=O)NCc1ccncc1. The van der Waals surface area contributed by atoms with Crippen molar-refractivity contribution in [3.63, 3.8) is 0 Å². The molecule has 2 N–H and O–H groups in total. The topological polar surface area (TPSA) is 110 Å². The Morgan fingerprint density at radius 2 is 2.09 bits per heavy atom. The third-order valence-electron chi connectivity index (χ3n) is 3.16. The Hall–Kier alpha value is -3.03. The van der Waals surface area contributed by atoms with Gasteiger partial charge in [-0.3, -0.25) is 19.9 Å². The Morgan fingerprint density at radius 1 is 1.35 bits per heavy atom. The van der Waals surface area contributed by atoms with Crippen molar-refractivity contribution in [2.24, 2.45) is 0 Å². The number of anilines is 1. The Labute approximate surface area is 133 Å². The van der Waals surface area contributed by atoms with Gasteiger partial charge in [-0.1, -0.05) is 0 Å².